The maximum atomic E-state index is 13.1. The van der Waals surface area contributed by atoms with Gasteiger partial charge in [0.15, 0.2) is 0 Å². The van der Waals surface area contributed by atoms with E-state index in [-0.39, 0.29) is 11.1 Å². The van der Waals surface area contributed by atoms with E-state index in [4.69, 9.17) is 4.74 Å². The van der Waals surface area contributed by atoms with Crippen LogP contribution < -0.4 is 5.56 Å². The van der Waals surface area contributed by atoms with Crippen molar-refractivity contribution in [2.24, 2.45) is 0 Å². The molecule has 0 aliphatic carbocycles. The number of rotatable bonds is 2. The van der Waals surface area contributed by atoms with Crippen molar-refractivity contribution in [3.05, 3.63) is 88.7 Å². The van der Waals surface area contributed by atoms with E-state index in [1.807, 2.05) is 66.7 Å². The Morgan fingerprint density at radius 1 is 0.852 bits per heavy atom. The van der Waals surface area contributed by atoms with Crippen molar-refractivity contribution in [1.82, 2.24) is 4.40 Å². The Hall–Kier alpha value is -3.66. The molecule has 130 valence electrons. The van der Waals surface area contributed by atoms with Gasteiger partial charge in [-0.2, -0.15) is 0 Å². The molecule has 0 aliphatic rings. The first kappa shape index (κ1) is 15.6. The monoisotopic (exact) mass is 353 g/mol. The zero-order valence-electron chi connectivity index (χ0n) is 14.6. The molecular weight excluding hydrogens is 338 g/mol. The first-order chi connectivity index (χ1) is 13.2. The van der Waals surface area contributed by atoms with Crippen molar-refractivity contribution >= 4 is 33.2 Å². The summed E-state index contributed by atoms with van der Waals surface area (Å²) in [6.07, 6.45) is 0. The minimum Gasteiger partial charge on any atom is -0.465 e. The van der Waals surface area contributed by atoms with Gasteiger partial charge in [0.05, 0.1) is 18.1 Å². The van der Waals surface area contributed by atoms with Gasteiger partial charge in [-0.15, -0.1) is 0 Å². The van der Waals surface area contributed by atoms with Crippen LogP contribution in [0.3, 0.4) is 0 Å². The summed E-state index contributed by atoms with van der Waals surface area (Å²) in [5.41, 5.74) is 3.30. The van der Waals surface area contributed by atoms with Gasteiger partial charge in [0, 0.05) is 16.2 Å². The molecule has 0 aliphatic heterocycles. The molecular formula is C23H15NO3. The van der Waals surface area contributed by atoms with Crippen LogP contribution in [0.5, 0.6) is 0 Å². The van der Waals surface area contributed by atoms with Gasteiger partial charge in [0.25, 0.3) is 5.56 Å². The summed E-state index contributed by atoms with van der Waals surface area (Å²) in [4.78, 5) is 25.4. The quantitative estimate of drug-likeness (QED) is 0.439. The molecule has 0 bridgehead atoms. The number of ether oxygens (including phenoxy) is 1. The summed E-state index contributed by atoms with van der Waals surface area (Å²) in [6.45, 7) is 0. The van der Waals surface area contributed by atoms with Crippen LogP contribution in [0.15, 0.2) is 77.6 Å². The summed E-state index contributed by atoms with van der Waals surface area (Å²) in [5, 5.41) is 2.84. The summed E-state index contributed by atoms with van der Waals surface area (Å²) >= 11 is 0. The van der Waals surface area contributed by atoms with E-state index >= 15 is 0 Å². The number of aromatic nitrogens is 1. The topological polar surface area (TPSA) is 47.8 Å². The van der Waals surface area contributed by atoms with Gasteiger partial charge in [0.2, 0.25) is 0 Å². The predicted molar refractivity (Wildman–Crippen MR) is 107 cm³/mol. The zero-order chi connectivity index (χ0) is 18.5. The molecule has 0 fully saturated rings. The smallest absolute Gasteiger partial charge is 0.343 e. The Morgan fingerprint density at radius 2 is 1.59 bits per heavy atom. The summed E-state index contributed by atoms with van der Waals surface area (Å²) in [5.74, 6) is -0.626. The maximum absolute atomic E-state index is 13.1. The molecule has 5 rings (SSSR count). The van der Waals surface area contributed by atoms with Crippen molar-refractivity contribution in [3.8, 4) is 11.1 Å². The van der Waals surface area contributed by atoms with Gasteiger partial charge in [-0.25, -0.2) is 4.79 Å². The van der Waals surface area contributed by atoms with Crippen LogP contribution in [0.25, 0.3) is 38.3 Å². The number of fused-ring (bicyclic) bond motifs is 3. The van der Waals surface area contributed by atoms with E-state index < -0.39 is 5.97 Å². The molecule has 2 aromatic heterocycles. The highest BCUT2D eigenvalue weighted by Gasteiger charge is 2.21. The molecule has 0 spiro atoms. The lowest BCUT2D eigenvalue weighted by molar-refractivity contribution is 0.0599. The second kappa shape index (κ2) is 5.68. The van der Waals surface area contributed by atoms with E-state index in [1.54, 1.807) is 10.5 Å². The average molecular weight is 353 g/mol. The number of benzene rings is 3. The van der Waals surface area contributed by atoms with Crippen molar-refractivity contribution in [2.45, 2.75) is 0 Å². The van der Waals surface area contributed by atoms with Crippen LogP contribution in [-0.4, -0.2) is 17.5 Å². The number of carbonyl (C=O) groups is 1. The minimum atomic E-state index is -0.626. The number of esters is 1. The molecule has 27 heavy (non-hydrogen) atoms. The largest absolute Gasteiger partial charge is 0.465 e. The van der Waals surface area contributed by atoms with Gasteiger partial charge >= 0.3 is 5.97 Å². The Balaban J connectivity index is 2.06. The number of hydrogen-bond donors (Lipinski definition) is 0. The van der Waals surface area contributed by atoms with Crippen LogP contribution in [0.4, 0.5) is 0 Å². The van der Waals surface area contributed by atoms with Gasteiger partial charge in [-0.05, 0) is 23.3 Å². The van der Waals surface area contributed by atoms with Crippen LogP contribution in [0, 0.1) is 0 Å². The Morgan fingerprint density at radius 3 is 2.37 bits per heavy atom. The lowest BCUT2D eigenvalue weighted by Crippen LogP contribution is -2.22. The summed E-state index contributed by atoms with van der Waals surface area (Å²) < 4.78 is 6.50. The van der Waals surface area contributed by atoms with E-state index in [9.17, 15) is 9.59 Å². The average Bonchev–Trinajstić information content (AvgIpc) is 3.06. The first-order valence-corrected chi connectivity index (χ1v) is 8.67. The molecule has 0 amide bonds. The van der Waals surface area contributed by atoms with Crippen molar-refractivity contribution in [1.29, 1.82) is 0 Å². The third-order valence-electron chi connectivity index (χ3n) is 5.09. The second-order valence-electron chi connectivity index (χ2n) is 6.50. The number of carbonyl (C=O) groups excluding carboxylic acids is 1. The van der Waals surface area contributed by atoms with Crippen LogP contribution >= 0.6 is 0 Å². The zero-order valence-corrected chi connectivity index (χ0v) is 14.6. The van der Waals surface area contributed by atoms with E-state index in [1.165, 1.54) is 7.11 Å². The highest BCUT2D eigenvalue weighted by atomic mass is 16.5. The number of methoxy groups -OCH3 is 1. The van der Waals surface area contributed by atoms with Gasteiger partial charge in [-0.3, -0.25) is 9.20 Å². The fourth-order valence-corrected chi connectivity index (χ4v) is 3.89. The van der Waals surface area contributed by atoms with Gasteiger partial charge < -0.3 is 4.74 Å². The van der Waals surface area contributed by atoms with E-state index in [0.717, 1.165) is 38.3 Å². The van der Waals surface area contributed by atoms with Crippen molar-refractivity contribution in [3.63, 3.8) is 0 Å². The standard InChI is InChI=1S/C23H15NO3/c1-27-23(26)19-13-18-15(14-7-3-2-4-8-14)11-12-17-16-9-5-6-10-20(16)24(21(17)18)22(19)25/h2-13H,1H3. The Bertz CT molecular complexity index is 1380. The van der Waals surface area contributed by atoms with Crippen LogP contribution in [-0.2, 0) is 4.74 Å². The molecule has 4 nitrogen and oxygen atoms in total. The third-order valence-corrected chi connectivity index (χ3v) is 5.09. The normalized spacial score (nSPS) is 11.4. The number of nitrogens with zero attached hydrogens (tertiary/aromatic N) is 1. The number of para-hydroxylation sites is 1. The summed E-state index contributed by atoms with van der Waals surface area (Å²) in [7, 11) is 1.29. The minimum absolute atomic E-state index is 0.0380. The van der Waals surface area contributed by atoms with Gasteiger partial charge in [0.1, 0.15) is 5.56 Å². The molecule has 2 heterocycles. The molecule has 0 atom stereocenters. The summed E-state index contributed by atoms with van der Waals surface area (Å²) in [6, 6.07) is 23.5. The number of hydrogen-bond acceptors (Lipinski definition) is 3. The highest BCUT2D eigenvalue weighted by molar-refractivity contribution is 6.18. The van der Waals surface area contributed by atoms with E-state index in [0.29, 0.717) is 0 Å². The highest BCUT2D eigenvalue weighted by Crippen LogP contribution is 2.36. The van der Waals surface area contributed by atoms with E-state index in [2.05, 4.69) is 0 Å². The molecule has 5 aromatic rings. The molecule has 0 saturated carbocycles. The van der Waals surface area contributed by atoms with Crippen LogP contribution in [0.2, 0.25) is 0 Å². The van der Waals surface area contributed by atoms with Gasteiger partial charge in [-0.1, -0.05) is 60.7 Å². The lowest BCUT2D eigenvalue weighted by Gasteiger charge is -2.10. The van der Waals surface area contributed by atoms with Crippen LogP contribution in [0.1, 0.15) is 10.4 Å². The third kappa shape index (κ3) is 2.10. The molecule has 0 unspecified atom stereocenters. The second-order valence-corrected chi connectivity index (χ2v) is 6.50. The SMILES string of the molecule is COC(=O)c1cc2c(-c3ccccc3)ccc3c4ccccc4n(c1=O)c23. The molecule has 0 radical (unpaired) electrons. The maximum Gasteiger partial charge on any atom is 0.343 e. The molecule has 3 aromatic carbocycles. The molecule has 0 N–H and O–H groups in total. The number of pyridine rings is 1. The fourth-order valence-electron chi connectivity index (χ4n) is 3.89. The van der Waals surface area contributed by atoms with Crippen molar-refractivity contribution in [2.75, 3.05) is 7.11 Å². The molecule has 4 heteroatoms. The predicted octanol–water partition coefficient (Wildman–Crippen LogP) is 4.50. The molecule has 0 saturated heterocycles. The fraction of sp³-hybridized carbons (Fsp3) is 0.0435. The lowest BCUT2D eigenvalue weighted by atomic mass is 9.98. The first-order valence-electron chi connectivity index (χ1n) is 8.67. The van der Waals surface area contributed by atoms with Crippen molar-refractivity contribution < 1.29 is 9.53 Å². The Kier molecular flexibility index (Phi) is 3.28. The Labute approximate surface area is 154 Å².